The predicted molar refractivity (Wildman–Crippen MR) is 221 cm³/mol. The number of benzene rings is 1. The maximum Gasteiger partial charge on any atom is 0.269 e. The Bertz CT molecular complexity index is 2960. The summed E-state index contributed by atoms with van der Waals surface area (Å²) < 4.78 is 50.2. The van der Waals surface area contributed by atoms with Crippen molar-refractivity contribution in [3.05, 3.63) is 128 Å². The Hall–Kier alpha value is -6.81. The van der Waals surface area contributed by atoms with Gasteiger partial charge in [-0.1, -0.05) is 17.7 Å². The van der Waals surface area contributed by atoms with E-state index in [0.717, 1.165) is 50.1 Å². The second-order valence-corrected chi connectivity index (χ2v) is 15.0. The molecule has 1 aromatic carbocycles. The quantitative estimate of drug-likeness (QED) is 0.122. The van der Waals surface area contributed by atoms with E-state index in [1.165, 1.54) is 10.2 Å². The zero-order chi connectivity index (χ0) is 40.1. The first-order valence-corrected chi connectivity index (χ1v) is 19.7. The first kappa shape index (κ1) is 38.1. The lowest BCUT2D eigenvalue weighted by Crippen LogP contribution is -2.13. The summed E-state index contributed by atoms with van der Waals surface area (Å²) in [5.41, 5.74) is 6.83. The predicted octanol–water partition coefficient (Wildman–Crippen LogP) is 7.42. The molecule has 0 spiro atoms. The Balaban J connectivity index is 0.000000172. The van der Waals surface area contributed by atoms with Gasteiger partial charge in [-0.3, -0.25) is 19.9 Å². The lowest BCUT2D eigenvalue weighted by Gasteiger charge is -2.09. The summed E-state index contributed by atoms with van der Waals surface area (Å²) in [7, 11) is -0.687. The fourth-order valence-electron chi connectivity index (χ4n) is 6.44. The van der Waals surface area contributed by atoms with E-state index in [0.29, 0.717) is 59.8 Å². The van der Waals surface area contributed by atoms with Gasteiger partial charge in [0.05, 0.1) is 65.3 Å². The van der Waals surface area contributed by atoms with Crippen molar-refractivity contribution in [2.24, 2.45) is 0 Å². The van der Waals surface area contributed by atoms with E-state index < -0.39 is 10.0 Å². The van der Waals surface area contributed by atoms with Crippen LogP contribution in [0.2, 0.25) is 0 Å². The normalized spacial score (nSPS) is 11.6. The van der Waals surface area contributed by atoms with E-state index in [-0.39, 0.29) is 4.90 Å². The molecular weight excluding hydrogens is 757 g/mol. The highest BCUT2D eigenvalue weighted by Gasteiger charge is 2.25. The molecule has 0 fully saturated rings. The second kappa shape index (κ2) is 16.7. The molecule has 15 heteroatoms. The zero-order valence-corrected chi connectivity index (χ0v) is 32.7. The van der Waals surface area contributed by atoms with E-state index in [9.17, 15) is 8.42 Å². The standard InChI is InChI=1S/C25H22N4O4S.C18H16N4O2/c1-17-5-7-20(8-6-17)34(30,31)29-24-16-27-23(18-4-3-9-26-14-18)13-21(24)22-12-19(15-28-25(22)29)33-11-10-32-2;1-23-5-6-24-13-7-15-14-8-16(12-3-2-4-19-9-12)20-11-17(14)22-18(15)21-10-13/h3-9,12-16H,10-11H2,1-2H3;2-4,7-11H,5-6H2,1H3,(H,21,22). The van der Waals surface area contributed by atoms with Crippen LogP contribution in [0.5, 0.6) is 11.5 Å². The van der Waals surface area contributed by atoms with Gasteiger partial charge < -0.3 is 23.9 Å². The van der Waals surface area contributed by atoms with Crippen molar-refractivity contribution in [2.75, 3.05) is 40.6 Å². The largest absolute Gasteiger partial charge is 0.490 e. The van der Waals surface area contributed by atoms with Gasteiger partial charge in [-0.05, 0) is 67.6 Å². The number of fused-ring (bicyclic) bond motifs is 6. The molecular formula is C43H38N8O6S. The number of H-pyrrole nitrogens is 1. The monoisotopic (exact) mass is 794 g/mol. The smallest absolute Gasteiger partial charge is 0.269 e. The molecule has 0 saturated carbocycles. The van der Waals surface area contributed by atoms with Crippen molar-refractivity contribution in [3.8, 4) is 34.0 Å². The fourth-order valence-corrected chi connectivity index (χ4v) is 7.91. The van der Waals surface area contributed by atoms with E-state index in [4.69, 9.17) is 18.9 Å². The Kier molecular flexibility index (Phi) is 11.0. The van der Waals surface area contributed by atoms with Crippen LogP contribution < -0.4 is 9.47 Å². The van der Waals surface area contributed by atoms with Crippen LogP contribution in [-0.4, -0.2) is 87.9 Å². The molecule has 1 N–H and O–H groups in total. The molecule has 58 heavy (non-hydrogen) atoms. The first-order chi connectivity index (χ1) is 28.3. The number of hydrogen-bond donors (Lipinski definition) is 1. The minimum atomic E-state index is -3.94. The third-order valence-corrected chi connectivity index (χ3v) is 11.0. The van der Waals surface area contributed by atoms with Crippen LogP contribution in [0.15, 0.2) is 127 Å². The lowest BCUT2D eigenvalue weighted by molar-refractivity contribution is 0.146. The molecule has 0 aliphatic rings. The molecule has 14 nitrogen and oxygen atoms in total. The summed E-state index contributed by atoms with van der Waals surface area (Å²) in [5.74, 6) is 1.25. The van der Waals surface area contributed by atoms with Gasteiger partial charge in [0, 0.05) is 71.7 Å². The van der Waals surface area contributed by atoms with Gasteiger partial charge in [0.2, 0.25) is 0 Å². The van der Waals surface area contributed by atoms with Gasteiger partial charge >= 0.3 is 0 Å². The average Bonchev–Trinajstić information content (AvgIpc) is 3.79. The molecule has 0 saturated heterocycles. The number of methoxy groups -OCH3 is 2. The van der Waals surface area contributed by atoms with Crippen molar-refractivity contribution in [2.45, 2.75) is 11.8 Å². The Labute approximate surface area is 333 Å². The number of pyridine rings is 6. The molecule has 0 aliphatic heterocycles. The summed E-state index contributed by atoms with van der Waals surface area (Å²) >= 11 is 0. The maximum absolute atomic E-state index is 13.7. The van der Waals surface area contributed by atoms with Crippen molar-refractivity contribution >= 4 is 53.9 Å². The van der Waals surface area contributed by atoms with E-state index >= 15 is 0 Å². The molecule has 9 aromatic rings. The number of aryl methyl sites for hydroxylation is 1. The lowest BCUT2D eigenvalue weighted by atomic mass is 10.1. The van der Waals surface area contributed by atoms with Gasteiger partial charge in [0.25, 0.3) is 10.0 Å². The van der Waals surface area contributed by atoms with Gasteiger partial charge in [0.15, 0.2) is 5.65 Å². The minimum Gasteiger partial charge on any atom is -0.490 e. The molecule has 9 rings (SSSR count). The number of hydrogen-bond acceptors (Lipinski definition) is 12. The molecule has 0 aliphatic carbocycles. The number of nitrogens with zero attached hydrogens (tertiary/aromatic N) is 7. The molecule has 0 bridgehead atoms. The van der Waals surface area contributed by atoms with Crippen molar-refractivity contribution < 1.29 is 27.4 Å². The highest BCUT2D eigenvalue weighted by atomic mass is 32.2. The molecule has 0 radical (unpaired) electrons. The van der Waals surface area contributed by atoms with Crippen LogP contribution in [-0.2, 0) is 19.5 Å². The maximum atomic E-state index is 13.7. The third kappa shape index (κ3) is 7.78. The molecule has 0 atom stereocenters. The van der Waals surface area contributed by atoms with Crippen molar-refractivity contribution in [3.63, 3.8) is 0 Å². The third-order valence-electron chi connectivity index (χ3n) is 9.32. The second-order valence-electron chi connectivity index (χ2n) is 13.2. The van der Waals surface area contributed by atoms with Gasteiger partial charge in [-0.25, -0.2) is 22.4 Å². The van der Waals surface area contributed by atoms with Crippen LogP contribution in [0, 0.1) is 6.92 Å². The van der Waals surface area contributed by atoms with Gasteiger partial charge in [-0.15, -0.1) is 0 Å². The van der Waals surface area contributed by atoms with Gasteiger partial charge in [-0.2, -0.15) is 0 Å². The number of nitrogens with one attached hydrogen (secondary N) is 1. The Morgan fingerprint density at radius 3 is 1.84 bits per heavy atom. The zero-order valence-electron chi connectivity index (χ0n) is 31.9. The van der Waals surface area contributed by atoms with Gasteiger partial charge in [0.1, 0.15) is 30.4 Å². The molecule has 8 heterocycles. The number of aromatic amines is 1. The van der Waals surface area contributed by atoms with Crippen LogP contribution in [0.1, 0.15) is 5.56 Å². The van der Waals surface area contributed by atoms with E-state index in [2.05, 4.69) is 34.9 Å². The van der Waals surface area contributed by atoms with Crippen LogP contribution in [0.3, 0.4) is 0 Å². The highest BCUT2D eigenvalue weighted by molar-refractivity contribution is 7.90. The fraction of sp³-hybridized carbons (Fsp3) is 0.163. The number of rotatable bonds is 12. The average molecular weight is 795 g/mol. The first-order valence-electron chi connectivity index (χ1n) is 18.3. The van der Waals surface area contributed by atoms with Crippen molar-refractivity contribution in [1.29, 1.82) is 0 Å². The molecule has 0 unspecified atom stereocenters. The van der Waals surface area contributed by atoms with Crippen LogP contribution >= 0.6 is 0 Å². The summed E-state index contributed by atoms with van der Waals surface area (Å²) in [6.07, 6.45) is 13.6. The Morgan fingerprint density at radius 1 is 0.621 bits per heavy atom. The summed E-state index contributed by atoms with van der Waals surface area (Å²) in [6, 6.07) is 22.1. The number of aromatic nitrogens is 8. The molecule has 8 aromatic heterocycles. The topological polar surface area (TPSA) is 169 Å². The molecule has 0 amide bonds. The number of ether oxygens (including phenoxy) is 4. The van der Waals surface area contributed by atoms with Crippen LogP contribution in [0.4, 0.5) is 0 Å². The minimum absolute atomic E-state index is 0.176. The highest BCUT2D eigenvalue weighted by Crippen LogP contribution is 2.35. The summed E-state index contributed by atoms with van der Waals surface area (Å²) in [6.45, 7) is 3.73. The summed E-state index contributed by atoms with van der Waals surface area (Å²) in [5, 5.41) is 3.41. The van der Waals surface area contributed by atoms with Crippen molar-refractivity contribution in [1.82, 2.24) is 38.9 Å². The van der Waals surface area contributed by atoms with E-state index in [1.807, 2.05) is 55.6 Å². The van der Waals surface area contributed by atoms with E-state index in [1.54, 1.807) is 81.7 Å². The SMILES string of the molecule is COCCOc1cnc2[nH]c3cnc(-c4cccnc4)cc3c2c1.COCCOc1cnc2c(c1)c1cc(-c3cccnc3)ncc1n2S(=O)(=O)c1ccc(C)cc1. The summed E-state index contributed by atoms with van der Waals surface area (Å²) in [4.78, 5) is 29.7. The van der Waals surface area contributed by atoms with Crippen LogP contribution in [0.25, 0.3) is 66.4 Å². The Morgan fingerprint density at radius 2 is 1.22 bits per heavy atom. The molecule has 292 valence electrons.